The topological polar surface area (TPSA) is 41.9 Å². The van der Waals surface area contributed by atoms with Crippen LogP contribution in [-0.2, 0) is 4.74 Å². The number of ether oxygens (including phenoxy) is 2. The molecule has 1 aliphatic heterocycles. The molecule has 1 N–H and O–H groups in total. The van der Waals surface area contributed by atoms with E-state index in [2.05, 4.69) is 33.0 Å². The number of rotatable bonds is 6. The maximum absolute atomic E-state index is 10.3. The summed E-state index contributed by atoms with van der Waals surface area (Å²) in [7, 11) is 0. The van der Waals surface area contributed by atoms with Crippen molar-refractivity contribution < 1.29 is 14.6 Å². The second-order valence-corrected chi connectivity index (χ2v) is 7.97. The van der Waals surface area contributed by atoms with Gasteiger partial charge in [-0.25, -0.2) is 0 Å². The lowest BCUT2D eigenvalue weighted by molar-refractivity contribution is -0.0459. The molecule has 4 nitrogen and oxygen atoms in total. The van der Waals surface area contributed by atoms with Gasteiger partial charge in [0, 0.05) is 29.1 Å². The zero-order valence-electron chi connectivity index (χ0n) is 14.1. The van der Waals surface area contributed by atoms with E-state index in [1.807, 2.05) is 12.1 Å². The Morgan fingerprint density at radius 2 is 2.12 bits per heavy atom. The minimum atomic E-state index is -0.622. The van der Waals surface area contributed by atoms with E-state index in [4.69, 9.17) is 32.7 Å². The van der Waals surface area contributed by atoms with Crippen molar-refractivity contribution in [1.29, 1.82) is 0 Å². The predicted octanol–water partition coefficient (Wildman–Crippen LogP) is 4.57. The van der Waals surface area contributed by atoms with Gasteiger partial charge in [-0.2, -0.15) is 0 Å². The SMILES string of the molecule is OC(COc1ccc(Cl)cc1Cl)CN1CCOC(c2cccc(Br)c2)C1. The number of hydrogen-bond acceptors (Lipinski definition) is 4. The van der Waals surface area contributed by atoms with E-state index in [1.165, 1.54) is 0 Å². The molecule has 0 radical (unpaired) electrons. The van der Waals surface area contributed by atoms with Crippen LogP contribution in [0, 0.1) is 0 Å². The summed E-state index contributed by atoms with van der Waals surface area (Å²) in [6.45, 7) is 2.82. The van der Waals surface area contributed by atoms with E-state index < -0.39 is 6.10 Å². The maximum atomic E-state index is 10.3. The Morgan fingerprint density at radius 1 is 1.27 bits per heavy atom. The van der Waals surface area contributed by atoms with Crippen LogP contribution in [0.4, 0.5) is 0 Å². The quantitative estimate of drug-likeness (QED) is 0.685. The number of morpholine rings is 1. The number of benzene rings is 2. The van der Waals surface area contributed by atoms with Crippen molar-refractivity contribution in [2.24, 2.45) is 0 Å². The molecule has 1 saturated heterocycles. The molecule has 1 heterocycles. The van der Waals surface area contributed by atoms with E-state index in [0.717, 1.165) is 23.1 Å². The van der Waals surface area contributed by atoms with E-state index >= 15 is 0 Å². The molecule has 140 valence electrons. The second kappa shape index (κ2) is 9.40. The largest absolute Gasteiger partial charge is 0.489 e. The molecule has 2 aromatic carbocycles. The first-order valence-corrected chi connectivity index (χ1v) is 9.91. The average Bonchev–Trinajstić information content (AvgIpc) is 2.61. The molecule has 7 heteroatoms. The van der Waals surface area contributed by atoms with E-state index in [9.17, 15) is 5.11 Å². The average molecular weight is 461 g/mol. The van der Waals surface area contributed by atoms with Crippen LogP contribution in [0.2, 0.25) is 10.0 Å². The van der Waals surface area contributed by atoms with Gasteiger partial charge in [-0.05, 0) is 35.9 Å². The van der Waals surface area contributed by atoms with Gasteiger partial charge < -0.3 is 14.6 Å². The van der Waals surface area contributed by atoms with Gasteiger partial charge in [0.05, 0.1) is 17.7 Å². The van der Waals surface area contributed by atoms with Crippen LogP contribution in [0.15, 0.2) is 46.9 Å². The molecule has 0 bridgehead atoms. The number of β-amino-alcohol motifs (C(OH)–C–C–N with tert-alkyl or cyclic N) is 1. The summed E-state index contributed by atoms with van der Waals surface area (Å²) < 4.78 is 12.5. The van der Waals surface area contributed by atoms with Gasteiger partial charge in [-0.3, -0.25) is 4.90 Å². The van der Waals surface area contributed by atoms with Crippen molar-refractivity contribution >= 4 is 39.1 Å². The minimum Gasteiger partial charge on any atom is -0.489 e. The molecule has 0 aliphatic carbocycles. The Labute approximate surface area is 171 Å². The summed E-state index contributed by atoms with van der Waals surface area (Å²) in [5.74, 6) is 0.518. The van der Waals surface area contributed by atoms with Crippen LogP contribution in [0.25, 0.3) is 0 Å². The molecule has 2 aromatic rings. The smallest absolute Gasteiger partial charge is 0.138 e. The first kappa shape index (κ1) is 19.9. The van der Waals surface area contributed by atoms with Gasteiger partial charge in [0.2, 0.25) is 0 Å². The standard InChI is InChI=1S/C19H20BrCl2NO3/c20-14-3-1-2-13(8-14)19-11-23(6-7-25-19)10-16(24)12-26-18-5-4-15(21)9-17(18)22/h1-5,8-9,16,19,24H,6-7,10-12H2. The van der Waals surface area contributed by atoms with Crippen LogP contribution in [0.3, 0.4) is 0 Å². The lowest BCUT2D eigenvalue weighted by Gasteiger charge is -2.34. The molecule has 2 unspecified atom stereocenters. The zero-order valence-corrected chi connectivity index (χ0v) is 17.2. The number of halogens is 3. The normalized spacial score (nSPS) is 19.3. The van der Waals surface area contributed by atoms with E-state index in [1.54, 1.807) is 18.2 Å². The van der Waals surface area contributed by atoms with Crippen molar-refractivity contribution in [1.82, 2.24) is 4.90 Å². The molecule has 1 fully saturated rings. The first-order chi connectivity index (χ1) is 12.5. The molecular weight excluding hydrogens is 441 g/mol. The highest BCUT2D eigenvalue weighted by atomic mass is 79.9. The fourth-order valence-electron chi connectivity index (χ4n) is 2.91. The Hall–Kier alpha value is -0.820. The van der Waals surface area contributed by atoms with Gasteiger partial charge in [0.1, 0.15) is 18.5 Å². The van der Waals surface area contributed by atoms with Crippen LogP contribution in [0.1, 0.15) is 11.7 Å². The fourth-order valence-corrected chi connectivity index (χ4v) is 3.79. The summed E-state index contributed by atoms with van der Waals surface area (Å²) in [6, 6.07) is 13.1. The lowest BCUT2D eigenvalue weighted by atomic mass is 10.1. The Kier molecular flexibility index (Phi) is 7.20. The molecule has 26 heavy (non-hydrogen) atoms. The highest BCUT2D eigenvalue weighted by Crippen LogP contribution is 2.28. The lowest BCUT2D eigenvalue weighted by Crippen LogP contribution is -2.43. The molecular formula is C19H20BrCl2NO3. The van der Waals surface area contributed by atoms with Gasteiger partial charge in [0.25, 0.3) is 0 Å². The van der Waals surface area contributed by atoms with Crippen molar-refractivity contribution in [2.45, 2.75) is 12.2 Å². The van der Waals surface area contributed by atoms with Crippen molar-refractivity contribution in [3.8, 4) is 5.75 Å². The molecule has 3 rings (SSSR count). The van der Waals surface area contributed by atoms with Crippen LogP contribution >= 0.6 is 39.1 Å². The number of aliphatic hydroxyl groups excluding tert-OH is 1. The fraction of sp³-hybridized carbons (Fsp3) is 0.368. The number of hydrogen-bond donors (Lipinski definition) is 1. The molecule has 1 aliphatic rings. The molecule has 0 saturated carbocycles. The van der Waals surface area contributed by atoms with Gasteiger partial charge in [0.15, 0.2) is 0 Å². The van der Waals surface area contributed by atoms with Crippen molar-refractivity contribution in [3.63, 3.8) is 0 Å². The Bertz CT molecular complexity index is 746. The summed E-state index contributed by atoms with van der Waals surface area (Å²) >= 11 is 15.4. The second-order valence-electron chi connectivity index (χ2n) is 6.21. The van der Waals surface area contributed by atoms with Crippen molar-refractivity contribution in [2.75, 3.05) is 32.8 Å². The van der Waals surface area contributed by atoms with Crippen LogP contribution in [-0.4, -0.2) is 49.0 Å². The third-order valence-electron chi connectivity index (χ3n) is 4.17. The zero-order chi connectivity index (χ0) is 18.5. The first-order valence-electron chi connectivity index (χ1n) is 8.36. The Balaban J connectivity index is 1.51. The van der Waals surface area contributed by atoms with Gasteiger partial charge >= 0.3 is 0 Å². The molecule has 0 aromatic heterocycles. The van der Waals surface area contributed by atoms with Gasteiger partial charge in [-0.15, -0.1) is 0 Å². The Morgan fingerprint density at radius 3 is 2.88 bits per heavy atom. The number of nitrogens with zero attached hydrogens (tertiary/aromatic N) is 1. The number of aliphatic hydroxyl groups is 1. The van der Waals surface area contributed by atoms with Gasteiger partial charge in [-0.1, -0.05) is 51.3 Å². The van der Waals surface area contributed by atoms with E-state index in [-0.39, 0.29) is 12.7 Å². The highest BCUT2D eigenvalue weighted by molar-refractivity contribution is 9.10. The van der Waals surface area contributed by atoms with Crippen LogP contribution < -0.4 is 4.74 Å². The summed E-state index contributed by atoms with van der Waals surface area (Å²) in [4.78, 5) is 2.19. The minimum absolute atomic E-state index is 0.0000722. The van der Waals surface area contributed by atoms with Crippen LogP contribution in [0.5, 0.6) is 5.75 Å². The monoisotopic (exact) mass is 459 g/mol. The summed E-state index contributed by atoms with van der Waals surface area (Å²) in [6.07, 6.45) is -0.622. The highest BCUT2D eigenvalue weighted by Gasteiger charge is 2.24. The third-order valence-corrected chi connectivity index (χ3v) is 5.19. The summed E-state index contributed by atoms with van der Waals surface area (Å²) in [5.41, 5.74) is 1.13. The molecule has 0 amide bonds. The third kappa shape index (κ3) is 5.59. The molecule has 0 spiro atoms. The van der Waals surface area contributed by atoms with Crippen molar-refractivity contribution in [3.05, 3.63) is 62.5 Å². The molecule has 2 atom stereocenters. The predicted molar refractivity (Wildman–Crippen MR) is 107 cm³/mol. The van der Waals surface area contributed by atoms with E-state index in [0.29, 0.717) is 28.9 Å². The maximum Gasteiger partial charge on any atom is 0.138 e. The summed E-state index contributed by atoms with van der Waals surface area (Å²) in [5, 5.41) is 11.3.